The van der Waals surface area contributed by atoms with Crippen molar-refractivity contribution >= 4 is 23.5 Å². The average Bonchev–Trinajstić information content (AvgIpc) is 2.54. The summed E-state index contributed by atoms with van der Waals surface area (Å²) in [6, 6.07) is 8.74. The largest absolute Gasteiger partial charge is 0.480 e. The first kappa shape index (κ1) is 18.8. The molecule has 0 unspecified atom stereocenters. The quantitative estimate of drug-likeness (QED) is 0.840. The number of carboxylic acid groups (broad SMARTS) is 1. The summed E-state index contributed by atoms with van der Waals surface area (Å²) >= 11 is 5.71. The zero-order chi connectivity index (χ0) is 18.6. The zero-order valence-electron chi connectivity index (χ0n) is 12.7. The maximum atomic E-state index is 12.7. The van der Waals surface area contributed by atoms with E-state index in [1.54, 1.807) is 0 Å². The van der Waals surface area contributed by atoms with Crippen LogP contribution in [0.2, 0.25) is 5.02 Å². The van der Waals surface area contributed by atoms with Crippen LogP contribution in [0.15, 0.2) is 48.5 Å². The Balaban J connectivity index is 2.15. The topological polar surface area (TPSA) is 66.4 Å². The van der Waals surface area contributed by atoms with Crippen LogP contribution < -0.4 is 5.32 Å². The molecular weight excluding hydrogens is 359 g/mol. The number of carbonyl (C=O) groups excluding carboxylic acids is 1. The molecule has 0 heterocycles. The fourth-order valence-corrected chi connectivity index (χ4v) is 2.28. The van der Waals surface area contributed by atoms with Crippen molar-refractivity contribution in [3.63, 3.8) is 0 Å². The Hall–Kier alpha value is -2.54. The second-order valence-corrected chi connectivity index (χ2v) is 5.71. The maximum absolute atomic E-state index is 12.7. The monoisotopic (exact) mass is 371 g/mol. The summed E-state index contributed by atoms with van der Waals surface area (Å²) in [6.07, 6.45) is -4.81. The van der Waals surface area contributed by atoms with E-state index in [1.165, 1.54) is 36.4 Å². The van der Waals surface area contributed by atoms with Crippen LogP contribution in [0.3, 0.4) is 0 Å². The molecule has 4 nitrogen and oxygen atoms in total. The van der Waals surface area contributed by atoms with E-state index in [1.807, 2.05) is 0 Å². The van der Waals surface area contributed by atoms with Gasteiger partial charge in [-0.3, -0.25) is 4.79 Å². The Labute approximate surface area is 146 Å². The van der Waals surface area contributed by atoms with Gasteiger partial charge in [0.15, 0.2) is 0 Å². The number of benzene rings is 2. The Bertz CT molecular complexity index is 775. The lowest BCUT2D eigenvalue weighted by Crippen LogP contribution is -2.42. The van der Waals surface area contributed by atoms with E-state index < -0.39 is 29.7 Å². The molecule has 0 bridgehead atoms. The molecule has 132 valence electrons. The molecule has 0 saturated heterocycles. The zero-order valence-corrected chi connectivity index (χ0v) is 13.4. The molecule has 0 saturated carbocycles. The molecule has 0 aromatic heterocycles. The molecule has 0 aliphatic rings. The Morgan fingerprint density at radius 1 is 1.12 bits per heavy atom. The normalized spacial score (nSPS) is 12.5. The second kappa shape index (κ2) is 7.57. The summed E-state index contributed by atoms with van der Waals surface area (Å²) in [5, 5.41) is 12.0. The third kappa shape index (κ3) is 5.22. The molecule has 0 aliphatic carbocycles. The van der Waals surface area contributed by atoms with Crippen molar-refractivity contribution in [1.82, 2.24) is 5.32 Å². The number of aliphatic carboxylic acids is 1. The highest BCUT2D eigenvalue weighted by Gasteiger charge is 2.31. The van der Waals surface area contributed by atoms with Gasteiger partial charge in [-0.15, -0.1) is 0 Å². The van der Waals surface area contributed by atoms with Gasteiger partial charge in [0.05, 0.1) is 5.56 Å². The summed E-state index contributed by atoms with van der Waals surface area (Å²) in [7, 11) is 0. The minimum Gasteiger partial charge on any atom is -0.480 e. The van der Waals surface area contributed by atoms with Gasteiger partial charge in [-0.05, 0) is 35.9 Å². The van der Waals surface area contributed by atoms with Gasteiger partial charge in [0, 0.05) is 17.0 Å². The first-order valence-electron chi connectivity index (χ1n) is 7.12. The molecule has 1 amide bonds. The molecule has 8 heteroatoms. The van der Waals surface area contributed by atoms with Crippen LogP contribution in [-0.2, 0) is 17.4 Å². The number of halogens is 4. The van der Waals surface area contributed by atoms with E-state index in [-0.39, 0.29) is 17.5 Å². The first-order valence-corrected chi connectivity index (χ1v) is 7.50. The Morgan fingerprint density at radius 2 is 1.76 bits per heavy atom. The van der Waals surface area contributed by atoms with Crippen LogP contribution >= 0.6 is 11.6 Å². The summed E-state index contributed by atoms with van der Waals surface area (Å²) in [6.45, 7) is 0. The van der Waals surface area contributed by atoms with Gasteiger partial charge in [-0.1, -0.05) is 29.8 Å². The standard InChI is InChI=1S/C17H13ClF3NO3/c18-13-6-4-11(5-7-13)15(23)22-14(16(24)25)9-10-2-1-3-12(8-10)17(19,20)21/h1-8,14H,9H2,(H,22,23)(H,24,25)/t14-/m1/s1. The molecule has 1 atom stereocenters. The highest BCUT2D eigenvalue weighted by atomic mass is 35.5. The van der Waals surface area contributed by atoms with E-state index in [9.17, 15) is 27.9 Å². The number of nitrogens with one attached hydrogen (secondary N) is 1. The third-order valence-corrected chi connectivity index (χ3v) is 3.66. The number of rotatable bonds is 5. The summed E-state index contributed by atoms with van der Waals surface area (Å²) < 4.78 is 38.2. The van der Waals surface area contributed by atoms with Crippen LogP contribution in [0, 0.1) is 0 Å². The number of amides is 1. The number of alkyl halides is 3. The SMILES string of the molecule is O=C(N[C@H](Cc1cccc(C(F)(F)F)c1)C(=O)O)c1ccc(Cl)cc1. The van der Waals surface area contributed by atoms with Crippen LogP contribution in [0.5, 0.6) is 0 Å². The van der Waals surface area contributed by atoms with Gasteiger partial charge in [0.1, 0.15) is 6.04 Å². The Morgan fingerprint density at radius 3 is 2.32 bits per heavy atom. The summed E-state index contributed by atoms with van der Waals surface area (Å²) in [5.41, 5.74) is -0.531. The lowest BCUT2D eigenvalue weighted by Gasteiger charge is -2.16. The Kier molecular flexibility index (Phi) is 5.69. The van der Waals surface area contributed by atoms with E-state index in [4.69, 9.17) is 11.6 Å². The smallest absolute Gasteiger partial charge is 0.416 e. The van der Waals surface area contributed by atoms with E-state index in [2.05, 4.69) is 5.32 Å². The molecule has 0 aliphatic heterocycles. The van der Waals surface area contributed by atoms with Crippen LogP contribution in [-0.4, -0.2) is 23.0 Å². The molecule has 0 fully saturated rings. The fourth-order valence-electron chi connectivity index (χ4n) is 2.15. The summed E-state index contributed by atoms with van der Waals surface area (Å²) in [4.78, 5) is 23.4. The summed E-state index contributed by atoms with van der Waals surface area (Å²) in [5.74, 6) is -2.00. The van der Waals surface area contributed by atoms with Gasteiger partial charge >= 0.3 is 12.1 Å². The lowest BCUT2D eigenvalue weighted by molar-refractivity contribution is -0.139. The minimum atomic E-state index is -4.53. The van der Waals surface area contributed by atoms with Crippen LogP contribution in [0.25, 0.3) is 0 Å². The predicted molar refractivity (Wildman–Crippen MR) is 85.5 cm³/mol. The number of carboxylic acids is 1. The van der Waals surface area contributed by atoms with Crippen molar-refractivity contribution in [1.29, 1.82) is 0 Å². The van der Waals surface area contributed by atoms with Gasteiger partial charge in [-0.2, -0.15) is 13.2 Å². The molecule has 0 spiro atoms. The molecular formula is C17H13ClF3NO3. The third-order valence-electron chi connectivity index (χ3n) is 3.40. The van der Waals surface area contributed by atoms with E-state index in [0.29, 0.717) is 5.02 Å². The molecule has 2 aromatic carbocycles. The van der Waals surface area contributed by atoms with Crippen molar-refractivity contribution in [3.05, 3.63) is 70.2 Å². The van der Waals surface area contributed by atoms with Crippen molar-refractivity contribution < 1.29 is 27.9 Å². The number of hydrogen-bond donors (Lipinski definition) is 2. The first-order chi connectivity index (χ1) is 11.7. The molecule has 0 radical (unpaired) electrons. The van der Waals surface area contributed by atoms with Crippen molar-refractivity contribution in [2.45, 2.75) is 18.6 Å². The lowest BCUT2D eigenvalue weighted by atomic mass is 10.0. The number of carbonyl (C=O) groups is 2. The van der Waals surface area contributed by atoms with Crippen molar-refractivity contribution in [2.75, 3.05) is 0 Å². The van der Waals surface area contributed by atoms with Crippen LogP contribution in [0.4, 0.5) is 13.2 Å². The second-order valence-electron chi connectivity index (χ2n) is 5.27. The van der Waals surface area contributed by atoms with E-state index >= 15 is 0 Å². The predicted octanol–water partition coefficient (Wildman–Crippen LogP) is 3.78. The van der Waals surface area contributed by atoms with Crippen LogP contribution in [0.1, 0.15) is 21.5 Å². The van der Waals surface area contributed by atoms with Gasteiger partial charge in [0.25, 0.3) is 5.91 Å². The molecule has 2 aromatic rings. The van der Waals surface area contributed by atoms with Crippen molar-refractivity contribution in [2.24, 2.45) is 0 Å². The maximum Gasteiger partial charge on any atom is 0.416 e. The number of hydrogen-bond acceptors (Lipinski definition) is 2. The van der Waals surface area contributed by atoms with Gasteiger partial charge in [0.2, 0.25) is 0 Å². The van der Waals surface area contributed by atoms with Crippen molar-refractivity contribution in [3.8, 4) is 0 Å². The van der Waals surface area contributed by atoms with Gasteiger partial charge in [-0.25, -0.2) is 4.79 Å². The molecule has 25 heavy (non-hydrogen) atoms. The van der Waals surface area contributed by atoms with E-state index in [0.717, 1.165) is 12.1 Å². The minimum absolute atomic E-state index is 0.152. The van der Waals surface area contributed by atoms with Gasteiger partial charge < -0.3 is 10.4 Å². The highest BCUT2D eigenvalue weighted by Crippen LogP contribution is 2.29. The average molecular weight is 372 g/mol. The molecule has 2 N–H and O–H groups in total. The highest BCUT2D eigenvalue weighted by molar-refractivity contribution is 6.30. The fraction of sp³-hybridized carbons (Fsp3) is 0.176. The molecule has 2 rings (SSSR count).